The van der Waals surface area contributed by atoms with Gasteiger partial charge in [-0.1, -0.05) is 6.07 Å². The first-order valence-corrected chi connectivity index (χ1v) is 15.1. The quantitative estimate of drug-likeness (QED) is 0.456. The molecule has 9 nitrogen and oxygen atoms in total. The summed E-state index contributed by atoms with van der Waals surface area (Å²) < 4.78 is 5.69. The average molecular weight is 573 g/mol. The molecule has 214 valence electrons. The second-order valence-corrected chi connectivity index (χ2v) is 13.4. The van der Waals surface area contributed by atoms with E-state index in [1.807, 2.05) is 50.8 Å². The molecular weight excluding hydrogens is 536 g/mol. The van der Waals surface area contributed by atoms with E-state index in [-0.39, 0.29) is 30.1 Å². The Morgan fingerprint density at radius 1 is 1.15 bits per heavy atom. The van der Waals surface area contributed by atoms with Crippen molar-refractivity contribution in [2.45, 2.75) is 83.5 Å². The molecule has 3 atom stereocenters. The highest BCUT2D eigenvalue weighted by Gasteiger charge is 2.45. The molecular formula is C31H36N6O3S. The first kappa shape index (κ1) is 27.3. The van der Waals surface area contributed by atoms with Crippen LogP contribution in [0.25, 0.3) is 10.2 Å². The van der Waals surface area contributed by atoms with Crippen molar-refractivity contribution in [2.75, 3.05) is 23.7 Å². The molecule has 41 heavy (non-hydrogen) atoms. The molecule has 2 amide bonds. The maximum absolute atomic E-state index is 13.2. The van der Waals surface area contributed by atoms with Crippen molar-refractivity contribution in [1.29, 1.82) is 5.26 Å². The number of benzene rings is 1. The van der Waals surface area contributed by atoms with E-state index in [0.717, 1.165) is 52.0 Å². The first-order valence-electron chi connectivity index (χ1n) is 14.3. The Hall–Kier alpha value is -3.84. The number of anilines is 2. The maximum atomic E-state index is 13.2. The van der Waals surface area contributed by atoms with Crippen LogP contribution in [0.3, 0.4) is 0 Å². The fourth-order valence-corrected chi connectivity index (χ4v) is 7.62. The third kappa shape index (κ3) is 5.08. The van der Waals surface area contributed by atoms with E-state index in [4.69, 9.17) is 10.5 Å². The van der Waals surface area contributed by atoms with Crippen molar-refractivity contribution in [3.8, 4) is 6.07 Å². The Morgan fingerprint density at radius 3 is 2.56 bits per heavy atom. The van der Waals surface area contributed by atoms with Crippen LogP contribution >= 0.6 is 11.3 Å². The molecule has 2 aromatic heterocycles. The van der Waals surface area contributed by atoms with Gasteiger partial charge in [0.1, 0.15) is 21.4 Å². The minimum Gasteiger partial charge on any atom is -0.444 e. The molecule has 0 radical (unpaired) electrons. The van der Waals surface area contributed by atoms with Gasteiger partial charge in [-0.2, -0.15) is 5.26 Å². The van der Waals surface area contributed by atoms with Gasteiger partial charge in [0.15, 0.2) is 0 Å². The summed E-state index contributed by atoms with van der Waals surface area (Å²) in [7, 11) is 0. The fraction of sp³-hybridized carbons (Fsp3) is 0.484. The third-order valence-corrected chi connectivity index (χ3v) is 9.52. The Labute approximate surface area is 244 Å². The van der Waals surface area contributed by atoms with Crippen LogP contribution in [-0.2, 0) is 17.6 Å². The molecule has 10 heteroatoms. The summed E-state index contributed by atoms with van der Waals surface area (Å²) in [5.41, 5.74) is 11.0. The van der Waals surface area contributed by atoms with Crippen LogP contribution in [0, 0.1) is 18.3 Å². The maximum Gasteiger partial charge on any atom is 0.410 e. The Bertz CT molecular complexity index is 1570. The molecule has 1 aromatic carbocycles. The van der Waals surface area contributed by atoms with Gasteiger partial charge in [-0.15, -0.1) is 11.3 Å². The van der Waals surface area contributed by atoms with Crippen molar-refractivity contribution >= 4 is 44.9 Å². The molecule has 3 N–H and O–H groups in total. The van der Waals surface area contributed by atoms with Gasteiger partial charge >= 0.3 is 6.09 Å². The number of pyridine rings is 1. The molecule has 2 bridgehead atoms. The second kappa shape index (κ2) is 10.2. The molecule has 0 spiro atoms. The first-order chi connectivity index (χ1) is 19.5. The number of carbonyl (C=O) groups is 2. The molecule has 2 unspecified atom stereocenters. The number of aryl methyl sites for hydroxylation is 1. The summed E-state index contributed by atoms with van der Waals surface area (Å²) in [6.07, 6.45) is 3.76. The summed E-state index contributed by atoms with van der Waals surface area (Å²) >= 11 is 1.32. The lowest BCUT2D eigenvalue weighted by Crippen LogP contribution is -2.57. The molecule has 1 aliphatic carbocycles. The molecule has 6 rings (SSSR count). The van der Waals surface area contributed by atoms with E-state index >= 15 is 0 Å². The number of hydrogen-bond acceptors (Lipinski definition) is 8. The highest BCUT2D eigenvalue weighted by molar-refractivity contribution is 7.21. The van der Waals surface area contributed by atoms with Crippen LogP contribution in [0.15, 0.2) is 24.3 Å². The van der Waals surface area contributed by atoms with E-state index in [1.54, 1.807) is 0 Å². The SMILES string of the molecule is Cc1ccc2c(N)c(C(=O)N[C@H]3CCc4c(ccc(N5CC6CCC(C5)N6C(=O)OC(C)(C)C)c4C#N)C3)sc2n1. The van der Waals surface area contributed by atoms with Crippen molar-refractivity contribution in [3.63, 3.8) is 0 Å². The van der Waals surface area contributed by atoms with Crippen LogP contribution < -0.4 is 16.0 Å². The number of nitriles is 1. The van der Waals surface area contributed by atoms with Crippen molar-refractivity contribution in [3.05, 3.63) is 51.5 Å². The minimum absolute atomic E-state index is 0.0417. The van der Waals surface area contributed by atoms with E-state index in [9.17, 15) is 14.9 Å². The number of piperazine rings is 1. The van der Waals surface area contributed by atoms with Crippen LogP contribution in [0.1, 0.15) is 72.1 Å². The zero-order valence-electron chi connectivity index (χ0n) is 24.0. The number of ether oxygens (including phenoxy) is 1. The molecule has 3 aromatic rings. The van der Waals surface area contributed by atoms with Gasteiger partial charge in [0.2, 0.25) is 0 Å². The number of rotatable bonds is 3. The number of thiophene rings is 1. The molecule has 0 saturated carbocycles. The average Bonchev–Trinajstić information content (AvgIpc) is 3.38. The lowest BCUT2D eigenvalue weighted by Gasteiger charge is -2.43. The highest BCUT2D eigenvalue weighted by atomic mass is 32.1. The number of nitrogens with zero attached hydrogens (tertiary/aromatic N) is 4. The van der Waals surface area contributed by atoms with Gasteiger partial charge in [-0.3, -0.25) is 9.69 Å². The van der Waals surface area contributed by atoms with Crippen molar-refractivity contribution < 1.29 is 14.3 Å². The summed E-state index contributed by atoms with van der Waals surface area (Å²) in [5, 5.41) is 14.2. The normalized spacial score (nSPS) is 21.9. The Kier molecular flexibility index (Phi) is 6.81. The van der Waals surface area contributed by atoms with Gasteiger partial charge in [0.25, 0.3) is 5.91 Å². The van der Waals surface area contributed by atoms with E-state index < -0.39 is 5.60 Å². The topological polar surface area (TPSA) is 125 Å². The zero-order valence-corrected chi connectivity index (χ0v) is 24.8. The molecule has 4 heterocycles. The van der Waals surface area contributed by atoms with Gasteiger partial charge in [-0.05, 0) is 89.1 Å². The molecule has 2 fully saturated rings. The van der Waals surface area contributed by atoms with Crippen LogP contribution in [0.5, 0.6) is 0 Å². The fourth-order valence-electron chi connectivity index (χ4n) is 6.57. The van der Waals surface area contributed by atoms with Crippen molar-refractivity contribution in [2.24, 2.45) is 0 Å². The monoisotopic (exact) mass is 572 g/mol. The van der Waals surface area contributed by atoms with Crippen molar-refractivity contribution in [1.82, 2.24) is 15.2 Å². The third-order valence-electron chi connectivity index (χ3n) is 8.41. The van der Waals surface area contributed by atoms with Gasteiger partial charge in [0.05, 0.1) is 29.0 Å². The minimum atomic E-state index is -0.529. The largest absolute Gasteiger partial charge is 0.444 e. The summed E-state index contributed by atoms with van der Waals surface area (Å²) in [6.45, 7) is 8.97. The number of carbonyl (C=O) groups excluding carboxylic acids is 2. The summed E-state index contributed by atoms with van der Waals surface area (Å²) in [6, 6.07) is 10.6. The van der Waals surface area contributed by atoms with E-state index in [1.165, 1.54) is 11.3 Å². The number of fused-ring (bicyclic) bond motifs is 4. The predicted molar refractivity (Wildman–Crippen MR) is 160 cm³/mol. The van der Waals surface area contributed by atoms with Crippen LogP contribution in [-0.4, -0.2) is 58.7 Å². The number of nitrogen functional groups attached to an aromatic ring is 1. The standard InChI is InChI=1S/C31H36N6O3S/c1-17-5-10-23-26(33)27(41-29(23)34-17)28(38)35-19-7-11-22-18(13-19)6-12-25(24(22)14-32)36-15-20-8-9-21(16-36)37(20)30(39)40-31(2,3)4/h5-6,10,12,19-21H,7-9,11,13,15-16,33H2,1-4H3,(H,35,38)/t19-,20?,21?/m0/s1. The van der Waals surface area contributed by atoms with Gasteiger partial charge in [-0.25, -0.2) is 9.78 Å². The van der Waals surface area contributed by atoms with Crippen LogP contribution in [0.2, 0.25) is 0 Å². The van der Waals surface area contributed by atoms with E-state index in [0.29, 0.717) is 42.1 Å². The highest BCUT2D eigenvalue weighted by Crippen LogP contribution is 2.38. The van der Waals surface area contributed by atoms with Crippen LogP contribution in [0.4, 0.5) is 16.2 Å². The van der Waals surface area contributed by atoms with E-state index in [2.05, 4.69) is 27.3 Å². The van der Waals surface area contributed by atoms with Gasteiger partial charge < -0.3 is 20.7 Å². The lowest BCUT2D eigenvalue weighted by atomic mass is 9.84. The Balaban J connectivity index is 1.17. The molecule has 2 aliphatic heterocycles. The smallest absolute Gasteiger partial charge is 0.410 e. The molecule has 3 aliphatic rings. The lowest BCUT2D eigenvalue weighted by molar-refractivity contribution is 0.0123. The molecule has 2 saturated heterocycles. The summed E-state index contributed by atoms with van der Waals surface area (Å²) in [5.74, 6) is -0.174. The zero-order chi connectivity index (χ0) is 29.1. The second-order valence-electron chi connectivity index (χ2n) is 12.5. The summed E-state index contributed by atoms with van der Waals surface area (Å²) in [4.78, 5) is 36.1. The Morgan fingerprint density at radius 2 is 1.88 bits per heavy atom. The number of nitrogens with one attached hydrogen (secondary N) is 1. The number of nitrogens with two attached hydrogens (primary N) is 1. The number of aromatic nitrogens is 1. The van der Waals surface area contributed by atoms with Gasteiger partial charge in [0, 0.05) is 30.2 Å². The predicted octanol–water partition coefficient (Wildman–Crippen LogP) is 4.93. The number of hydrogen-bond donors (Lipinski definition) is 2. The number of amides is 2.